The van der Waals surface area contributed by atoms with Gasteiger partial charge in [-0.3, -0.25) is 9.88 Å². The number of amides is 1. The maximum Gasteiger partial charge on any atom is 0.412 e. The van der Waals surface area contributed by atoms with Crippen LogP contribution in [0.15, 0.2) is 24.4 Å². The molecule has 1 aliphatic carbocycles. The highest BCUT2D eigenvalue weighted by Crippen LogP contribution is 2.41. The van der Waals surface area contributed by atoms with E-state index in [2.05, 4.69) is 4.98 Å². The highest BCUT2D eigenvalue weighted by molar-refractivity contribution is 5.70. The zero-order valence-corrected chi connectivity index (χ0v) is 20.5. The van der Waals surface area contributed by atoms with Crippen LogP contribution in [0.1, 0.15) is 104 Å². The molecule has 180 valence electrons. The van der Waals surface area contributed by atoms with Gasteiger partial charge in [-0.1, -0.05) is 38.2 Å². The third-order valence-corrected chi connectivity index (χ3v) is 6.67. The molecule has 1 saturated carbocycles. The zero-order chi connectivity index (χ0) is 23.4. The second-order valence-electron chi connectivity index (χ2n) is 11.0. The second-order valence-corrected chi connectivity index (χ2v) is 11.0. The Morgan fingerprint density at radius 1 is 1.28 bits per heavy atom. The Labute approximate surface area is 193 Å². The lowest BCUT2D eigenvalue weighted by Crippen LogP contribution is -2.50. The first-order valence-corrected chi connectivity index (χ1v) is 12.4. The number of ether oxygens (including phenoxy) is 2. The molecular formula is C26H42N2O4. The van der Waals surface area contributed by atoms with Crippen LogP contribution in [0.25, 0.3) is 0 Å². The Kier molecular flexibility index (Phi) is 8.21. The van der Waals surface area contributed by atoms with Crippen LogP contribution in [0.4, 0.5) is 4.79 Å². The van der Waals surface area contributed by atoms with Crippen molar-refractivity contribution in [1.29, 1.82) is 0 Å². The summed E-state index contributed by atoms with van der Waals surface area (Å²) in [6.45, 7) is 9.64. The van der Waals surface area contributed by atoms with Gasteiger partial charge in [-0.25, -0.2) is 4.79 Å². The predicted molar refractivity (Wildman–Crippen MR) is 125 cm³/mol. The minimum absolute atomic E-state index is 0.00468. The van der Waals surface area contributed by atoms with Crippen molar-refractivity contribution in [2.75, 3.05) is 0 Å². The Hall–Kier alpha value is -1.66. The average Bonchev–Trinajstić information content (AvgIpc) is 2.97. The van der Waals surface area contributed by atoms with Crippen LogP contribution in [-0.4, -0.2) is 44.6 Å². The van der Waals surface area contributed by atoms with Gasteiger partial charge in [0, 0.05) is 6.20 Å². The van der Waals surface area contributed by atoms with Gasteiger partial charge in [0.1, 0.15) is 11.3 Å². The number of aliphatic hydroxyl groups is 1. The molecule has 3 rings (SSSR count). The minimum Gasteiger partial charge on any atom is -0.444 e. The van der Waals surface area contributed by atoms with Crippen molar-refractivity contribution < 1.29 is 19.4 Å². The van der Waals surface area contributed by atoms with Crippen molar-refractivity contribution in [2.45, 2.75) is 122 Å². The number of carbonyl (C=O) groups excluding carboxylic acids is 1. The Morgan fingerprint density at radius 2 is 2.00 bits per heavy atom. The largest absolute Gasteiger partial charge is 0.444 e. The first kappa shape index (κ1) is 25.0. The second kappa shape index (κ2) is 10.5. The lowest BCUT2D eigenvalue weighted by molar-refractivity contribution is -0.0804. The van der Waals surface area contributed by atoms with E-state index < -0.39 is 17.4 Å². The zero-order valence-electron chi connectivity index (χ0n) is 20.5. The number of aliphatic hydroxyl groups excluding tert-OH is 1. The van der Waals surface area contributed by atoms with Crippen molar-refractivity contribution in [3.05, 3.63) is 30.1 Å². The molecule has 0 bridgehead atoms. The van der Waals surface area contributed by atoms with Crippen molar-refractivity contribution in [3.63, 3.8) is 0 Å². The molecule has 2 heterocycles. The van der Waals surface area contributed by atoms with Gasteiger partial charge >= 0.3 is 6.09 Å². The van der Waals surface area contributed by atoms with Gasteiger partial charge in [-0.2, -0.15) is 0 Å². The summed E-state index contributed by atoms with van der Waals surface area (Å²) in [4.78, 5) is 19.3. The molecule has 6 nitrogen and oxygen atoms in total. The minimum atomic E-state index is -0.716. The standard InChI is InChI=1S/C26H42N2O4/c1-25(2,3)32-24(30)28-21(18-19-12-7-6-8-13-19)23(31-26(28,4)5)16-11-15-22(29)20-14-9-10-17-27-20/h9-10,14,17,19,21-23,29H,6-8,11-13,15-16,18H2,1-5H3/t21?,22-,23?/m0/s1. The predicted octanol–water partition coefficient (Wildman–Crippen LogP) is 6.00. The summed E-state index contributed by atoms with van der Waals surface area (Å²) in [7, 11) is 0. The summed E-state index contributed by atoms with van der Waals surface area (Å²) in [5.41, 5.74) is -0.561. The van der Waals surface area contributed by atoms with Crippen LogP contribution in [0.5, 0.6) is 0 Å². The third-order valence-electron chi connectivity index (χ3n) is 6.67. The molecule has 2 fully saturated rings. The molecule has 1 amide bonds. The first-order valence-electron chi connectivity index (χ1n) is 12.4. The summed E-state index contributed by atoms with van der Waals surface area (Å²) in [5, 5.41) is 10.5. The Balaban J connectivity index is 1.69. The number of rotatable bonds is 7. The highest BCUT2D eigenvalue weighted by Gasteiger charge is 2.51. The quantitative estimate of drug-likeness (QED) is 0.556. The monoisotopic (exact) mass is 446 g/mol. The van der Waals surface area contributed by atoms with E-state index >= 15 is 0 Å². The smallest absolute Gasteiger partial charge is 0.412 e. The Bertz CT molecular complexity index is 725. The SMILES string of the molecule is CC(C)(C)OC(=O)N1C(CC2CCCCC2)C(CCC[C@H](O)c2ccccn2)OC1(C)C. The topological polar surface area (TPSA) is 71.9 Å². The van der Waals surface area contributed by atoms with Gasteiger partial charge in [0.2, 0.25) is 0 Å². The number of aromatic nitrogens is 1. The summed E-state index contributed by atoms with van der Waals surface area (Å²) in [6, 6.07) is 5.60. The van der Waals surface area contributed by atoms with Crippen LogP contribution in [0.2, 0.25) is 0 Å². The number of pyridine rings is 1. The van der Waals surface area contributed by atoms with Gasteiger partial charge in [-0.15, -0.1) is 0 Å². The number of nitrogens with zero attached hydrogens (tertiary/aromatic N) is 2. The lowest BCUT2D eigenvalue weighted by atomic mass is 9.83. The van der Waals surface area contributed by atoms with Gasteiger partial charge in [-0.05, 0) is 78.4 Å². The molecule has 3 atom stereocenters. The van der Waals surface area contributed by atoms with Crippen LogP contribution in [0.3, 0.4) is 0 Å². The van der Waals surface area contributed by atoms with Crippen molar-refractivity contribution >= 4 is 6.09 Å². The molecular weight excluding hydrogens is 404 g/mol. The number of hydrogen-bond donors (Lipinski definition) is 1. The maximum absolute atomic E-state index is 13.2. The fourth-order valence-electron chi connectivity index (χ4n) is 5.24. The van der Waals surface area contributed by atoms with Crippen molar-refractivity contribution in [2.24, 2.45) is 5.92 Å². The van der Waals surface area contributed by atoms with E-state index in [9.17, 15) is 9.90 Å². The molecule has 1 N–H and O–H groups in total. The molecule has 0 aromatic carbocycles. The average molecular weight is 447 g/mol. The van der Waals surface area contributed by atoms with Crippen LogP contribution in [0, 0.1) is 5.92 Å². The van der Waals surface area contributed by atoms with E-state index in [0.29, 0.717) is 18.0 Å². The fourth-order valence-corrected chi connectivity index (χ4v) is 5.24. The lowest BCUT2D eigenvalue weighted by Gasteiger charge is -2.37. The number of hydrogen-bond acceptors (Lipinski definition) is 5. The third kappa shape index (κ3) is 6.67. The molecule has 1 aliphatic heterocycles. The van der Waals surface area contributed by atoms with Gasteiger partial charge in [0.05, 0.1) is 23.9 Å². The Morgan fingerprint density at radius 3 is 2.62 bits per heavy atom. The molecule has 1 aromatic rings. The van der Waals surface area contributed by atoms with Gasteiger partial charge in [0.15, 0.2) is 0 Å². The van der Waals surface area contributed by atoms with Crippen molar-refractivity contribution in [1.82, 2.24) is 9.88 Å². The summed E-state index contributed by atoms with van der Waals surface area (Å²) in [6.07, 6.45) is 10.3. The van der Waals surface area contributed by atoms with Crippen molar-refractivity contribution in [3.8, 4) is 0 Å². The molecule has 2 aliphatic rings. The fraction of sp³-hybridized carbons (Fsp3) is 0.769. The van der Waals surface area contributed by atoms with E-state index in [1.54, 1.807) is 6.20 Å². The first-order chi connectivity index (χ1) is 15.1. The highest BCUT2D eigenvalue weighted by atomic mass is 16.6. The van der Waals surface area contributed by atoms with Gasteiger partial charge < -0.3 is 14.6 Å². The van der Waals surface area contributed by atoms with E-state index in [-0.39, 0.29) is 18.2 Å². The van der Waals surface area contributed by atoms with E-state index in [0.717, 1.165) is 19.3 Å². The molecule has 1 saturated heterocycles. The van der Waals surface area contributed by atoms with Crippen LogP contribution < -0.4 is 0 Å². The molecule has 0 spiro atoms. The van der Waals surface area contributed by atoms with Gasteiger partial charge in [0.25, 0.3) is 0 Å². The summed E-state index contributed by atoms with van der Waals surface area (Å²) in [5.74, 6) is 0.623. The normalized spacial score (nSPS) is 25.0. The summed E-state index contributed by atoms with van der Waals surface area (Å²) < 4.78 is 12.3. The number of carbonyl (C=O) groups is 1. The van der Waals surface area contributed by atoms with E-state index in [1.165, 1.54) is 32.1 Å². The molecule has 0 radical (unpaired) electrons. The molecule has 1 aromatic heterocycles. The van der Waals surface area contributed by atoms with E-state index in [4.69, 9.17) is 9.47 Å². The molecule has 2 unspecified atom stereocenters. The summed E-state index contributed by atoms with van der Waals surface area (Å²) >= 11 is 0. The van der Waals surface area contributed by atoms with Crippen LogP contribution in [-0.2, 0) is 9.47 Å². The molecule has 32 heavy (non-hydrogen) atoms. The van der Waals surface area contributed by atoms with E-state index in [1.807, 2.05) is 57.7 Å². The van der Waals surface area contributed by atoms with Crippen LogP contribution >= 0.6 is 0 Å². The molecule has 6 heteroatoms. The maximum atomic E-state index is 13.2.